The zero-order chi connectivity index (χ0) is 13.7. The Hall–Kier alpha value is -1.85. The molecule has 0 aliphatic heterocycles. The average Bonchev–Trinajstić information content (AvgIpc) is 2.77. The van der Waals surface area contributed by atoms with Crippen LogP contribution in [0.3, 0.4) is 0 Å². The predicted octanol–water partition coefficient (Wildman–Crippen LogP) is 1.53. The third kappa shape index (κ3) is 3.33. The lowest BCUT2D eigenvalue weighted by Gasteiger charge is -2.15. The van der Waals surface area contributed by atoms with Crippen LogP contribution >= 0.6 is 0 Å². The van der Waals surface area contributed by atoms with Crippen LogP contribution in [0.1, 0.15) is 30.0 Å². The van der Waals surface area contributed by atoms with Crippen molar-refractivity contribution >= 4 is 5.82 Å². The summed E-state index contributed by atoms with van der Waals surface area (Å²) < 4.78 is 1.66. The molecule has 0 bridgehead atoms. The van der Waals surface area contributed by atoms with Crippen LogP contribution in [0, 0.1) is 0 Å². The van der Waals surface area contributed by atoms with Gasteiger partial charge in [0.15, 0.2) is 0 Å². The molecule has 1 aromatic heterocycles. The zero-order valence-electron chi connectivity index (χ0n) is 11.2. The average molecular weight is 259 g/mol. The Morgan fingerprint density at radius 2 is 2.05 bits per heavy atom. The van der Waals surface area contributed by atoms with E-state index in [2.05, 4.69) is 34.8 Å². The number of anilines is 1. The number of aromatic nitrogens is 2. The number of nitrogens with zero attached hydrogens (tertiary/aromatic N) is 2. The van der Waals surface area contributed by atoms with Gasteiger partial charge in [-0.15, -0.1) is 0 Å². The van der Waals surface area contributed by atoms with E-state index in [1.165, 1.54) is 5.56 Å². The van der Waals surface area contributed by atoms with E-state index < -0.39 is 0 Å². The van der Waals surface area contributed by atoms with Crippen molar-refractivity contribution in [3.8, 4) is 0 Å². The van der Waals surface area contributed by atoms with Gasteiger partial charge >= 0.3 is 0 Å². The smallest absolute Gasteiger partial charge is 0.126 e. The van der Waals surface area contributed by atoms with Crippen molar-refractivity contribution in [3.63, 3.8) is 0 Å². The number of nitrogens with two attached hydrogens (primary N) is 2. The van der Waals surface area contributed by atoms with Crippen molar-refractivity contribution in [3.05, 3.63) is 47.7 Å². The topological polar surface area (TPSA) is 81.9 Å². The van der Waals surface area contributed by atoms with E-state index in [9.17, 15) is 0 Å². The summed E-state index contributed by atoms with van der Waals surface area (Å²) in [6.45, 7) is 0. The fourth-order valence-electron chi connectivity index (χ4n) is 2.22. The molecule has 102 valence electrons. The van der Waals surface area contributed by atoms with Gasteiger partial charge in [-0.05, 0) is 24.8 Å². The van der Waals surface area contributed by atoms with Crippen LogP contribution in [-0.2, 0) is 13.5 Å². The second-order valence-corrected chi connectivity index (χ2v) is 4.71. The number of hydrogen-bond acceptors (Lipinski definition) is 4. The molecule has 0 fully saturated rings. The molecule has 0 spiro atoms. The van der Waals surface area contributed by atoms with Crippen LogP contribution < -0.4 is 17.0 Å². The second-order valence-electron chi connectivity index (χ2n) is 4.71. The third-order valence-electron chi connectivity index (χ3n) is 3.39. The number of rotatable bonds is 6. The Balaban J connectivity index is 1.91. The first-order valence-corrected chi connectivity index (χ1v) is 6.49. The normalized spacial score (nSPS) is 12.5. The number of aryl methyl sites for hydroxylation is 2. The third-order valence-corrected chi connectivity index (χ3v) is 3.39. The molecule has 0 radical (unpaired) electrons. The molecule has 1 aromatic carbocycles. The summed E-state index contributed by atoms with van der Waals surface area (Å²) in [5, 5.41) is 4.15. The molecular formula is C14H21N5. The van der Waals surface area contributed by atoms with Crippen molar-refractivity contribution in [1.29, 1.82) is 0 Å². The lowest BCUT2D eigenvalue weighted by atomic mass is 10.0. The minimum Gasteiger partial charge on any atom is -0.384 e. The van der Waals surface area contributed by atoms with E-state index in [0.717, 1.165) is 24.8 Å². The fourth-order valence-corrected chi connectivity index (χ4v) is 2.22. The summed E-state index contributed by atoms with van der Waals surface area (Å²) in [4.78, 5) is 0. The standard InChI is InChI=1S/C14H21N5/c1-19-14(15)12(10-17-19)13(18-16)9-5-8-11-6-3-2-4-7-11/h2-4,6-7,10,13,18H,5,8-9,15-16H2,1H3. The van der Waals surface area contributed by atoms with E-state index in [1.807, 2.05) is 13.1 Å². The van der Waals surface area contributed by atoms with Gasteiger partial charge in [-0.1, -0.05) is 30.3 Å². The fraction of sp³-hybridized carbons (Fsp3) is 0.357. The Morgan fingerprint density at radius 3 is 2.63 bits per heavy atom. The molecule has 0 saturated heterocycles. The molecule has 5 N–H and O–H groups in total. The van der Waals surface area contributed by atoms with Crippen LogP contribution in [0.2, 0.25) is 0 Å². The minimum absolute atomic E-state index is 0.0532. The molecule has 0 saturated carbocycles. The highest BCUT2D eigenvalue weighted by molar-refractivity contribution is 5.40. The van der Waals surface area contributed by atoms with E-state index in [4.69, 9.17) is 11.6 Å². The predicted molar refractivity (Wildman–Crippen MR) is 77.1 cm³/mol. The lowest BCUT2D eigenvalue weighted by Crippen LogP contribution is -2.28. The van der Waals surface area contributed by atoms with Crippen LogP contribution in [-0.4, -0.2) is 9.78 Å². The van der Waals surface area contributed by atoms with E-state index in [-0.39, 0.29) is 6.04 Å². The number of nitrogens with one attached hydrogen (secondary N) is 1. The second kappa shape index (κ2) is 6.36. The molecule has 1 heterocycles. The molecule has 2 rings (SSSR count). The van der Waals surface area contributed by atoms with Crippen molar-refractivity contribution < 1.29 is 0 Å². The van der Waals surface area contributed by atoms with Gasteiger partial charge in [-0.3, -0.25) is 16.0 Å². The molecule has 0 aliphatic carbocycles. The molecule has 5 nitrogen and oxygen atoms in total. The molecular weight excluding hydrogens is 238 g/mol. The van der Waals surface area contributed by atoms with Crippen molar-refractivity contribution in [2.24, 2.45) is 12.9 Å². The Labute approximate surface area is 113 Å². The highest BCUT2D eigenvalue weighted by Gasteiger charge is 2.15. The Bertz CT molecular complexity index is 506. The largest absolute Gasteiger partial charge is 0.384 e. The summed E-state index contributed by atoms with van der Waals surface area (Å²) >= 11 is 0. The Kier molecular flexibility index (Phi) is 4.54. The van der Waals surface area contributed by atoms with Crippen LogP contribution in [0.15, 0.2) is 36.5 Å². The lowest BCUT2D eigenvalue weighted by molar-refractivity contribution is 0.499. The first-order chi connectivity index (χ1) is 9.22. The number of hydrogen-bond donors (Lipinski definition) is 3. The van der Waals surface area contributed by atoms with Crippen molar-refractivity contribution in [1.82, 2.24) is 15.2 Å². The number of benzene rings is 1. The van der Waals surface area contributed by atoms with Crippen LogP contribution in [0.5, 0.6) is 0 Å². The van der Waals surface area contributed by atoms with Crippen molar-refractivity contribution in [2.45, 2.75) is 25.3 Å². The minimum atomic E-state index is 0.0532. The molecule has 5 heteroatoms. The number of nitrogen functional groups attached to an aromatic ring is 1. The monoisotopic (exact) mass is 259 g/mol. The van der Waals surface area contributed by atoms with E-state index >= 15 is 0 Å². The van der Waals surface area contributed by atoms with Crippen LogP contribution in [0.25, 0.3) is 0 Å². The highest BCUT2D eigenvalue weighted by atomic mass is 15.3. The zero-order valence-corrected chi connectivity index (χ0v) is 11.2. The first-order valence-electron chi connectivity index (χ1n) is 6.49. The van der Waals surface area contributed by atoms with E-state index in [0.29, 0.717) is 5.82 Å². The van der Waals surface area contributed by atoms with Crippen molar-refractivity contribution in [2.75, 3.05) is 5.73 Å². The molecule has 0 aliphatic rings. The van der Waals surface area contributed by atoms with Crippen LogP contribution in [0.4, 0.5) is 5.82 Å². The Morgan fingerprint density at radius 1 is 1.32 bits per heavy atom. The van der Waals surface area contributed by atoms with Gasteiger partial charge in [0, 0.05) is 12.6 Å². The molecule has 1 unspecified atom stereocenters. The molecule has 1 atom stereocenters. The first kappa shape index (κ1) is 13.6. The van der Waals surface area contributed by atoms with Gasteiger partial charge in [-0.2, -0.15) is 5.10 Å². The van der Waals surface area contributed by atoms with Gasteiger partial charge in [0.05, 0.1) is 12.2 Å². The molecule has 0 amide bonds. The highest BCUT2D eigenvalue weighted by Crippen LogP contribution is 2.23. The maximum absolute atomic E-state index is 5.97. The van der Waals surface area contributed by atoms with Gasteiger partial charge < -0.3 is 5.73 Å². The quantitative estimate of drug-likeness (QED) is 0.543. The summed E-state index contributed by atoms with van der Waals surface area (Å²) in [5.74, 6) is 6.29. The molecule has 19 heavy (non-hydrogen) atoms. The molecule has 2 aromatic rings. The summed E-state index contributed by atoms with van der Waals surface area (Å²) in [6, 6.07) is 10.5. The maximum atomic E-state index is 5.97. The van der Waals surface area contributed by atoms with Gasteiger partial charge in [0.2, 0.25) is 0 Å². The number of hydrazine groups is 1. The maximum Gasteiger partial charge on any atom is 0.126 e. The summed E-state index contributed by atoms with van der Waals surface area (Å²) in [7, 11) is 1.83. The summed E-state index contributed by atoms with van der Waals surface area (Å²) in [6.07, 6.45) is 4.80. The SMILES string of the molecule is Cn1ncc(C(CCCc2ccccc2)NN)c1N. The van der Waals surface area contributed by atoms with E-state index in [1.54, 1.807) is 10.9 Å². The summed E-state index contributed by atoms with van der Waals surface area (Å²) in [5.41, 5.74) is 11.1. The van der Waals surface area contributed by atoms with Gasteiger partial charge in [-0.25, -0.2) is 0 Å². The van der Waals surface area contributed by atoms with Gasteiger partial charge in [0.25, 0.3) is 0 Å². The van der Waals surface area contributed by atoms with Gasteiger partial charge in [0.1, 0.15) is 5.82 Å².